The second-order valence-electron chi connectivity index (χ2n) is 5.36. The average Bonchev–Trinajstić information content (AvgIpc) is 2.76. The molecule has 21 heavy (non-hydrogen) atoms. The number of alkyl halides is 3. The van der Waals surface area contributed by atoms with Gasteiger partial charge in [0.25, 0.3) is 0 Å². The average molecular weight is 382 g/mol. The van der Waals surface area contributed by atoms with Crippen LogP contribution in [0.25, 0.3) is 10.6 Å². The van der Waals surface area contributed by atoms with Crippen molar-refractivity contribution < 1.29 is 17.9 Å². The number of nitrogens with zero attached hydrogens (tertiary/aromatic N) is 1. The van der Waals surface area contributed by atoms with Crippen LogP contribution in [-0.4, -0.2) is 11.3 Å². The largest absolute Gasteiger partial charge is 0.573 e. The maximum atomic E-state index is 12.1. The van der Waals surface area contributed by atoms with Crippen molar-refractivity contribution in [2.24, 2.45) is 0 Å². The molecular weight excluding hydrogens is 367 g/mol. The lowest BCUT2D eigenvalue weighted by Crippen LogP contribution is -2.16. The molecule has 1 aromatic heterocycles. The van der Waals surface area contributed by atoms with Crippen LogP contribution in [0.2, 0.25) is 0 Å². The molecule has 0 fully saturated rings. The van der Waals surface area contributed by atoms with Gasteiger partial charge in [-0.15, -0.1) is 41.5 Å². The van der Waals surface area contributed by atoms with Crippen molar-refractivity contribution in [1.29, 1.82) is 0 Å². The van der Waals surface area contributed by atoms with Gasteiger partial charge in [0.2, 0.25) is 0 Å². The second kappa shape index (κ2) is 6.36. The van der Waals surface area contributed by atoms with Crippen LogP contribution in [0.1, 0.15) is 26.5 Å². The maximum Gasteiger partial charge on any atom is 0.573 e. The summed E-state index contributed by atoms with van der Waals surface area (Å²) in [6, 6.07) is 5.74. The van der Waals surface area contributed by atoms with Gasteiger partial charge in [-0.05, 0) is 24.3 Å². The molecule has 0 aliphatic heterocycles. The second-order valence-corrected chi connectivity index (χ2v) is 6.22. The molecule has 1 aromatic carbocycles. The molecule has 0 amide bonds. The summed E-state index contributed by atoms with van der Waals surface area (Å²) >= 11 is 1.47. The van der Waals surface area contributed by atoms with Crippen molar-refractivity contribution in [3.8, 4) is 16.3 Å². The Hall–Kier alpha value is -1.08. The summed E-state index contributed by atoms with van der Waals surface area (Å²) in [4.78, 5) is 4.51. The number of hydrogen-bond acceptors (Lipinski definition) is 3. The lowest BCUT2D eigenvalue weighted by Gasteiger charge is -2.14. The van der Waals surface area contributed by atoms with Gasteiger partial charge in [-0.25, -0.2) is 4.98 Å². The molecule has 0 unspecified atom stereocenters. The van der Waals surface area contributed by atoms with E-state index in [4.69, 9.17) is 0 Å². The van der Waals surface area contributed by atoms with Gasteiger partial charge in [0, 0.05) is 16.4 Å². The maximum absolute atomic E-state index is 12.1. The van der Waals surface area contributed by atoms with E-state index in [1.807, 2.05) is 5.38 Å². The van der Waals surface area contributed by atoms with Crippen LogP contribution in [-0.2, 0) is 5.41 Å². The molecular formula is C14H15BrF3NOS. The fourth-order valence-corrected chi connectivity index (χ4v) is 2.60. The number of ether oxygens (including phenoxy) is 1. The smallest absolute Gasteiger partial charge is 0.406 e. The number of halogens is 4. The molecule has 0 spiro atoms. The van der Waals surface area contributed by atoms with Crippen molar-refractivity contribution in [3.05, 3.63) is 35.3 Å². The van der Waals surface area contributed by atoms with Gasteiger partial charge in [-0.2, -0.15) is 0 Å². The molecule has 116 valence electrons. The molecule has 2 rings (SSSR count). The minimum atomic E-state index is -4.66. The van der Waals surface area contributed by atoms with Crippen molar-refractivity contribution in [2.75, 3.05) is 0 Å². The number of benzene rings is 1. The van der Waals surface area contributed by atoms with E-state index in [1.54, 1.807) is 12.1 Å². The van der Waals surface area contributed by atoms with Gasteiger partial charge in [0.05, 0.1) is 5.69 Å². The van der Waals surface area contributed by atoms with Crippen LogP contribution in [0, 0.1) is 0 Å². The number of thiazole rings is 1. The first-order valence-electron chi connectivity index (χ1n) is 5.97. The van der Waals surface area contributed by atoms with Crippen molar-refractivity contribution in [2.45, 2.75) is 32.5 Å². The summed E-state index contributed by atoms with van der Waals surface area (Å²) in [7, 11) is 0. The Morgan fingerprint density at radius 1 is 1.05 bits per heavy atom. The fraction of sp³-hybridized carbons (Fsp3) is 0.357. The summed E-state index contributed by atoms with van der Waals surface area (Å²) in [5.41, 5.74) is 1.70. The molecule has 2 aromatic rings. The zero-order valence-corrected chi connectivity index (χ0v) is 14.2. The Kier molecular flexibility index (Phi) is 5.44. The van der Waals surface area contributed by atoms with Gasteiger partial charge in [-0.1, -0.05) is 20.8 Å². The van der Waals surface area contributed by atoms with Crippen molar-refractivity contribution >= 4 is 28.3 Å². The Morgan fingerprint density at radius 3 is 2.05 bits per heavy atom. The van der Waals surface area contributed by atoms with Crippen LogP contribution in [0.5, 0.6) is 5.75 Å². The Morgan fingerprint density at radius 2 is 1.62 bits per heavy atom. The molecule has 7 heteroatoms. The van der Waals surface area contributed by atoms with Crippen LogP contribution in [0.15, 0.2) is 29.6 Å². The highest BCUT2D eigenvalue weighted by molar-refractivity contribution is 8.93. The first kappa shape index (κ1) is 18.0. The minimum Gasteiger partial charge on any atom is -0.406 e. The fourth-order valence-electron chi connectivity index (χ4n) is 1.55. The molecule has 0 radical (unpaired) electrons. The molecule has 0 bridgehead atoms. The standard InChI is InChI=1S/C14H14F3NOS.BrH/c1-13(2,3)11-8-20-12(18-11)9-4-6-10(7-5-9)19-14(15,16)17;/h4-8H,1-3H3;1H. The molecule has 0 aliphatic rings. The SMILES string of the molecule is Br.CC(C)(C)c1csc(-c2ccc(OC(F)(F)F)cc2)n1. The summed E-state index contributed by atoms with van der Waals surface area (Å²) in [5.74, 6) is -0.228. The summed E-state index contributed by atoms with van der Waals surface area (Å²) in [6.45, 7) is 6.18. The lowest BCUT2D eigenvalue weighted by molar-refractivity contribution is -0.274. The molecule has 0 N–H and O–H groups in total. The van der Waals surface area contributed by atoms with Gasteiger partial charge in [0.1, 0.15) is 10.8 Å². The van der Waals surface area contributed by atoms with Gasteiger partial charge < -0.3 is 4.74 Å². The van der Waals surface area contributed by atoms with E-state index >= 15 is 0 Å². The van der Waals surface area contributed by atoms with E-state index in [-0.39, 0.29) is 28.1 Å². The highest BCUT2D eigenvalue weighted by atomic mass is 79.9. The molecule has 2 nitrogen and oxygen atoms in total. The molecule has 0 saturated carbocycles. The summed E-state index contributed by atoms with van der Waals surface area (Å²) < 4.78 is 40.0. The van der Waals surface area contributed by atoms with Crippen molar-refractivity contribution in [1.82, 2.24) is 4.98 Å². The Bertz CT molecular complexity index is 588. The number of rotatable bonds is 2. The zero-order valence-electron chi connectivity index (χ0n) is 11.7. The van der Waals surface area contributed by atoms with Crippen LogP contribution >= 0.6 is 28.3 Å². The highest BCUT2D eigenvalue weighted by Crippen LogP contribution is 2.31. The predicted octanol–water partition coefficient (Wildman–Crippen LogP) is 5.58. The Balaban J connectivity index is 0.00000220. The quantitative estimate of drug-likeness (QED) is 0.676. The Labute approximate surface area is 135 Å². The van der Waals surface area contributed by atoms with Gasteiger partial charge >= 0.3 is 6.36 Å². The topological polar surface area (TPSA) is 22.1 Å². The number of aromatic nitrogens is 1. The number of hydrogen-bond donors (Lipinski definition) is 0. The molecule has 0 aliphatic carbocycles. The predicted molar refractivity (Wildman–Crippen MR) is 83.3 cm³/mol. The molecule has 0 saturated heterocycles. The molecule has 0 atom stereocenters. The van der Waals surface area contributed by atoms with Crippen LogP contribution < -0.4 is 4.74 Å². The van der Waals surface area contributed by atoms with E-state index in [0.29, 0.717) is 0 Å². The summed E-state index contributed by atoms with van der Waals surface area (Å²) in [6.07, 6.45) is -4.66. The minimum absolute atomic E-state index is 0. The monoisotopic (exact) mass is 381 g/mol. The highest BCUT2D eigenvalue weighted by Gasteiger charge is 2.31. The zero-order chi connectivity index (χ0) is 15.0. The molecule has 1 heterocycles. The van der Waals surface area contributed by atoms with E-state index in [2.05, 4.69) is 30.5 Å². The lowest BCUT2D eigenvalue weighted by atomic mass is 9.93. The van der Waals surface area contributed by atoms with E-state index in [1.165, 1.54) is 23.5 Å². The third-order valence-electron chi connectivity index (χ3n) is 2.61. The third-order valence-corrected chi connectivity index (χ3v) is 3.50. The van der Waals surface area contributed by atoms with Crippen molar-refractivity contribution in [3.63, 3.8) is 0 Å². The van der Waals surface area contributed by atoms with E-state index in [0.717, 1.165) is 16.3 Å². The van der Waals surface area contributed by atoms with Gasteiger partial charge in [0.15, 0.2) is 0 Å². The first-order chi connectivity index (χ1) is 9.15. The van der Waals surface area contributed by atoms with E-state index < -0.39 is 6.36 Å². The van der Waals surface area contributed by atoms with E-state index in [9.17, 15) is 13.2 Å². The first-order valence-corrected chi connectivity index (χ1v) is 6.85. The van der Waals surface area contributed by atoms with Crippen LogP contribution in [0.3, 0.4) is 0 Å². The van der Waals surface area contributed by atoms with Gasteiger partial charge in [-0.3, -0.25) is 0 Å². The van der Waals surface area contributed by atoms with Crippen LogP contribution in [0.4, 0.5) is 13.2 Å². The third kappa shape index (κ3) is 5.00. The summed E-state index contributed by atoms with van der Waals surface area (Å²) in [5, 5.41) is 2.75. The normalized spacial score (nSPS) is 11.9.